The van der Waals surface area contributed by atoms with Crippen LogP contribution in [-0.4, -0.2) is 8.32 Å². The summed E-state index contributed by atoms with van der Waals surface area (Å²) < 4.78 is 6.32. The molecule has 0 bridgehead atoms. The fourth-order valence-electron chi connectivity index (χ4n) is 2.34. The van der Waals surface area contributed by atoms with Crippen LogP contribution in [0.15, 0.2) is 24.3 Å². The molecule has 15 heavy (non-hydrogen) atoms. The van der Waals surface area contributed by atoms with E-state index in [-0.39, 0.29) is 11.5 Å². The quantitative estimate of drug-likeness (QED) is 0.610. The molecule has 0 saturated heterocycles. The van der Waals surface area contributed by atoms with Gasteiger partial charge in [0.25, 0.3) is 0 Å². The second-order valence-electron chi connectivity index (χ2n) is 5.96. The van der Waals surface area contributed by atoms with Gasteiger partial charge >= 0.3 is 0 Å². The highest BCUT2D eigenvalue weighted by Gasteiger charge is 2.44. The first-order valence-electron chi connectivity index (χ1n) is 5.59. The van der Waals surface area contributed by atoms with Gasteiger partial charge in [0.15, 0.2) is 0 Å². The normalized spacial score (nSPS) is 23.9. The van der Waals surface area contributed by atoms with E-state index < -0.39 is 8.32 Å². The van der Waals surface area contributed by atoms with Crippen LogP contribution in [0.1, 0.15) is 32.4 Å². The van der Waals surface area contributed by atoms with Crippen LogP contribution >= 0.6 is 0 Å². The van der Waals surface area contributed by atoms with E-state index in [4.69, 9.17) is 4.43 Å². The maximum atomic E-state index is 6.32. The van der Waals surface area contributed by atoms with Crippen molar-refractivity contribution < 1.29 is 4.43 Å². The number of benzene rings is 1. The van der Waals surface area contributed by atoms with Crippen molar-refractivity contribution in [2.45, 2.75) is 40.0 Å². The van der Waals surface area contributed by atoms with Gasteiger partial charge in [-0.15, -0.1) is 0 Å². The van der Waals surface area contributed by atoms with Gasteiger partial charge in [-0.25, -0.2) is 0 Å². The maximum absolute atomic E-state index is 6.32. The zero-order chi connectivity index (χ0) is 11.3. The summed E-state index contributed by atoms with van der Waals surface area (Å²) >= 11 is 0. The van der Waals surface area contributed by atoms with Gasteiger partial charge in [0, 0.05) is 0 Å². The Morgan fingerprint density at radius 3 is 2.33 bits per heavy atom. The van der Waals surface area contributed by atoms with E-state index in [0.717, 1.165) is 0 Å². The summed E-state index contributed by atoms with van der Waals surface area (Å²) in [5, 5.41) is 1.48. The predicted molar refractivity (Wildman–Crippen MR) is 66.8 cm³/mol. The highest BCUT2D eigenvalue weighted by atomic mass is 28.4. The van der Waals surface area contributed by atoms with Crippen LogP contribution in [0.5, 0.6) is 0 Å². The maximum Gasteiger partial charge on any atom is 0.219 e. The summed E-state index contributed by atoms with van der Waals surface area (Å²) in [7, 11) is -1.63. The standard InChI is InChI=1S/C13H20OSi/c1-13(2,3)12-10-8-6-7-9-11(10)15(4,5)14-12/h6-9,12H,1-5H3. The van der Waals surface area contributed by atoms with Crippen LogP contribution in [0.25, 0.3) is 0 Å². The number of hydrogen-bond donors (Lipinski definition) is 0. The fourth-order valence-corrected chi connectivity index (χ4v) is 4.94. The smallest absolute Gasteiger partial charge is 0.219 e. The third-order valence-electron chi connectivity index (χ3n) is 3.09. The van der Waals surface area contributed by atoms with Gasteiger partial charge in [-0.05, 0) is 29.3 Å². The molecule has 1 unspecified atom stereocenters. The van der Waals surface area contributed by atoms with E-state index in [1.165, 1.54) is 10.8 Å². The minimum atomic E-state index is -1.63. The molecule has 0 saturated carbocycles. The summed E-state index contributed by atoms with van der Waals surface area (Å²) in [5.74, 6) is 0. The molecule has 2 heteroatoms. The molecule has 0 radical (unpaired) electrons. The summed E-state index contributed by atoms with van der Waals surface area (Å²) in [5.41, 5.74) is 1.61. The van der Waals surface area contributed by atoms with Crippen molar-refractivity contribution in [1.29, 1.82) is 0 Å². The molecule has 1 atom stereocenters. The summed E-state index contributed by atoms with van der Waals surface area (Å²) in [6, 6.07) is 8.72. The van der Waals surface area contributed by atoms with E-state index in [0.29, 0.717) is 0 Å². The van der Waals surface area contributed by atoms with Crippen molar-refractivity contribution in [3.8, 4) is 0 Å². The molecule has 0 amide bonds. The zero-order valence-corrected chi connectivity index (χ0v) is 11.3. The van der Waals surface area contributed by atoms with Crippen LogP contribution in [0.4, 0.5) is 0 Å². The van der Waals surface area contributed by atoms with Gasteiger partial charge in [0.05, 0.1) is 6.10 Å². The molecule has 0 fully saturated rings. The first kappa shape index (κ1) is 10.9. The predicted octanol–water partition coefficient (Wildman–Crippen LogP) is 3.22. The van der Waals surface area contributed by atoms with Gasteiger partial charge in [-0.3, -0.25) is 0 Å². The Morgan fingerprint density at radius 1 is 1.13 bits per heavy atom. The van der Waals surface area contributed by atoms with Crippen LogP contribution in [-0.2, 0) is 4.43 Å². The van der Waals surface area contributed by atoms with E-state index in [1.807, 2.05) is 0 Å². The minimum absolute atomic E-state index is 0.191. The monoisotopic (exact) mass is 220 g/mol. The summed E-state index contributed by atoms with van der Waals surface area (Å²) in [6.07, 6.45) is 0.273. The first-order valence-corrected chi connectivity index (χ1v) is 8.50. The second kappa shape index (κ2) is 3.19. The number of fused-ring (bicyclic) bond motifs is 1. The first-order chi connectivity index (χ1) is 6.82. The van der Waals surface area contributed by atoms with Gasteiger partial charge in [-0.2, -0.15) is 0 Å². The lowest BCUT2D eigenvalue weighted by Gasteiger charge is -2.29. The van der Waals surface area contributed by atoms with Crippen molar-refractivity contribution in [2.75, 3.05) is 0 Å². The Bertz CT molecular complexity index is 376. The number of hydrogen-bond acceptors (Lipinski definition) is 1. The molecule has 2 rings (SSSR count). The average molecular weight is 220 g/mol. The summed E-state index contributed by atoms with van der Waals surface area (Å²) in [4.78, 5) is 0. The van der Waals surface area contributed by atoms with Crippen molar-refractivity contribution in [3.05, 3.63) is 29.8 Å². The highest BCUT2D eigenvalue weighted by molar-refractivity contribution is 6.85. The van der Waals surface area contributed by atoms with Gasteiger partial charge in [0.2, 0.25) is 8.32 Å². The minimum Gasteiger partial charge on any atom is -0.405 e. The molecule has 82 valence electrons. The van der Waals surface area contributed by atoms with E-state index in [9.17, 15) is 0 Å². The largest absolute Gasteiger partial charge is 0.405 e. The lowest BCUT2D eigenvalue weighted by molar-refractivity contribution is 0.0923. The third-order valence-corrected chi connectivity index (χ3v) is 5.67. The molecule has 1 aromatic rings. The molecule has 1 nitrogen and oxygen atoms in total. The van der Waals surface area contributed by atoms with E-state index >= 15 is 0 Å². The fraction of sp³-hybridized carbons (Fsp3) is 0.538. The second-order valence-corrected chi connectivity index (χ2v) is 9.76. The molecule has 0 aliphatic carbocycles. The Morgan fingerprint density at radius 2 is 1.73 bits per heavy atom. The highest BCUT2D eigenvalue weighted by Crippen LogP contribution is 2.41. The Hall–Kier alpha value is -0.603. The van der Waals surface area contributed by atoms with E-state index in [1.54, 1.807) is 0 Å². The van der Waals surface area contributed by atoms with Crippen molar-refractivity contribution in [2.24, 2.45) is 5.41 Å². The zero-order valence-electron chi connectivity index (χ0n) is 10.3. The molecule has 0 spiro atoms. The van der Waals surface area contributed by atoms with Crippen LogP contribution in [0.2, 0.25) is 13.1 Å². The molecule has 1 heterocycles. The Labute approximate surface area is 93.6 Å². The molecular weight excluding hydrogens is 200 g/mol. The third kappa shape index (κ3) is 1.77. The Balaban J connectivity index is 2.52. The molecule has 1 aliphatic rings. The van der Waals surface area contributed by atoms with Crippen LogP contribution in [0, 0.1) is 5.41 Å². The molecule has 0 aromatic heterocycles. The SMILES string of the molecule is CC(C)(C)C1O[Si](C)(C)c2ccccc21. The van der Waals surface area contributed by atoms with Crippen molar-refractivity contribution in [1.82, 2.24) is 0 Å². The lowest BCUT2D eigenvalue weighted by Crippen LogP contribution is -2.40. The molecule has 1 aliphatic heterocycles. The van der Waals surface area contributed by atoms with Crippen molar-refractivity contribution in [3.63, 3.8) is 0 Å². The topological polar surface area (TPSA) is 9.23 Å². The molecule has 1 aromatic carbocycles. The van der Waals surface area contributed by atoms with Gasteiger partial charge in [0.1, 0.15) is 0 Å². The van der Waals surface area contributed by atoms with Crippen molar-refractivity contribution >= 4 is 13.5 Å². The lowest BCUT2D eigenvalue weighted by atomic mass is 9.85. The van der Waals surface area contributed by atoms with Gasteiger partial charge in [-0.1, -0.05) is 45.0 Å². The van der Waals surface area contributed by atoms with Crippen LogP contribution < -0.4 is 5.19 Å². The average Bonchev–Trinajstić information content (AvgIpc) is 2.39. The van der Waals surface area contributed by atoms with Crippen LogP contribution in [0.3, 0.4) is 0 Å². The summed E-state index contributed by atoms with van der Waals surface area (Å²) in [6.45, 7) is 11.3. The molecular formula is C13H20OSi. The number of rotatable bonds is 0. The Kier molecular flexibility index (Phi) is 2.32. The van der Waals surface area contributed by atoms with Gasteiger partial charge < -0.3 is 4.43 Å². The van der Waals surface area contributed by atoms with E-state index in [2.05, 4.69) is 58.1 Å². The molecule has 0 N–H and O–H groups in total.